The minimum absolute atomic E-state index is 0. The van der Waals surface area contributed by atoms with E-state index in [0.717, 1.165) is 12.1 Å². The Morgan fingerprint density at radius 2 is 1.41 bits per heavy atom. The van der Waals surface area contributed by atoms with Crippen LogP contribution in [0.25, 0.3) is 16.9 Å². The fourth-order valence-electron chi connectivity index (χ4n) is 1.45. The third kappa shape index (κ3) is 2.87. The van der Waals surface area contributed by atoms with E-state index < -0.39 is 17.5 Å². The SMILES string of the molecule is [NH-]c1ccccc1-c1cc(F)c(F)c(F)c1.[Y]. The second-order valence-electron chi connectivity index (χ2n) is 3.30. The summed E-state index contributed by atoms with van der Waals surface area (Å²) in [6, 6.07) is 8.09. The van der Waals surface area contributed by atoms with Crippen LogP contribution in [0.2, 0.25) is 0 Å². The number of hydrogen-bond acceptors (Lipinski definition) is 0. The first-order valence-electron chi connectivity index (χ1n) is 4.55. The molecule has 0 saturated carbocycles. The summed E-state index contributed by atoms with van der Waals surface area (Å²) in [7, 11) is 0. The Hall–Kier alpha value is -0.866. The summed E-state index contributed by atoms with van der Waals surface area (Å²) in [5, 5.41) is 0. The zero-order valence-electron chi connectivity index (χ0n) is 8.68. The van der Waals surface area contributed by atoms with Crippen molar-refractivity contribution in [2.45, 2.75) is 0 Å². The molecule has 0 bridgehead atoms. The van der Waals surface area contributed by atoms with Crippen LogP contribution < -0.4 is 0 Å². The molecule has 0 unspecified atom stereocenters. The predicted octanol–water partition coefficient (Wildman–Crippen LogP) is 4.45. The zero-order chi connectivity index (χ0) is 11.7. The van der Waals surface area contributed by atoms with Crippen LogP contribution in [0.4, 0.5) is 18.9 Å². The smallest absolute Gasteiger partial charge is 0.194 e. The molecule has 5 heteroatoms. The molecule has 1 N–H and O–H groups in total. The van der Waals surface area contributed by atoms with Gasteiger partial charge in [-0.3, -0.25) is 0 Å². The third-order valence-electron chi connectivity index (χ3n) is 2.22. The largest absolute Gasteiger partial charge is 0.698 e. The Morgan fingerprint density at radius 1 is 0.882 bits per heavy atom. The summed E-state index contributed by atoms with van der Waals surface area (Å²) in [5.41, 5.74) is 8.21. The van der Waals surface area contributed by atoms with Crippen LogP contribution in [-0.2, 0) is 32.7 Å². The number of rotatable bonds is 1. The van der Waals surface area contributed by atoms with Crippen molar-refractivity contribution < 1.29 is 45.9 Å². The molecule has 0 aliphatic carbocycles. The summed E-state index contributed by atoms with van der Waals surface area (Å²) in [5.74, 6) is -4.00. The van der Waals surface area contributed by atoms with Crippen LogP contribution in [0, 0.1) is 17.5 Å². The summed E-state index contributed by atoms with van der Waals surface area (Å²) >= 11 is 0. The molecule has 1 nitrogen and oxygen atoms in total. The molecule has 0 spiro atoms. The van der Waals surface area contributed by atoms with Gasteiger partial charge < -0.3 is 5.73 Å². The van der Waals surface area contributed by atoms with E-state index in [4.69, 9.17) is 5.73 Å². The van der Waals surface area contributed by atoms with Crippen molar-refractivity contribution >= 4 is 5.69 Å². The van der Waals surface area contributed by atoms with E-state index in [1.54, 1.807) is 18.2 Å². The first kappa shape index (κ1) is 14.2. The molecule has 2 aromatic rings. The van der Waals surface area contributed by atoms with Gasteiger partial charge in [0.05, 0.1) is 0 Å². The van der Waals surface area contributed by atoms with Crippen molar-refractivity contribution in [2.75, 3.05) is 0 Å². The Morgan fingerprint density at radius 3 is 1.94 bits per heavy atom. The Labute approximate surface area is 122 Å². The van der Waals surface area contributed by atoms with Crippen molar-refractivity contribution in [3.8, 4) is 11.1 Å². The van der Waals surface area contributed by atoms with Gasteiger partial charge in [-0.2, -0.15) is 0 Å². The van der Waals surface area contributed by atoms with Crippen molar-refractivity contribution in [1.29, 1.82) is 0 Å². The first-order chi connectivity index (χ1) is 7.59. The second kappa shape index (κ2) is 5.65. The van der Waals surface area contributed by atoms with E-state index in [-0.39, 0.29) is 44.0 Å². The first-order valence-corrected chi connectivity index (χ1v) is 4.55. The number of nitrogens with one attached hydrogen (secondary N) is 1. The molecule has 0 aliphatic rings. The normalized spacial score (nSPS) is 9.82. The molecule has 2 rings (SSSR count). The molecule has 17 heavy (non-hydrogen) atoms. The van der Waals surface area contributed by atoms with Gasteiger partial charge in [-0.25, -0.2) is 13.2 Å². The molecular weight excluding hydrogens is 304 g/mol. The molecule has 0 aromatic heterocycles. The van der Waals surface area contributed by atoms with E-state index in [1.165, 1.54) is 6.07 Å². The minimum atomic E-state index is -1.49. The molecule has 0 aliphatic heterocycles. The Bertz CT molecular complexity index is 520. The summed E-state index contributed by atoms with van der Waals surface area (Å²) in [4.78, 5) is 0. The van der Waals surface area contributed by atoms with Crippen LogP contribution in [0.1, 0.15) is 0 Å². The van der Waals surface area contributed by atoms with Crippen molar-refractivity contribution in [2.24, 2.45) is 0 Å². The number of hydrogen-bond donors (Lipinski definition) is 0. The topological polar surface area (TPSA) is 23.8 Å². The summed E-state index contributed by atoms with van der Waals surface area (Å²) in [6.07, 6.45) is 0. The number of halogens is 3. The van der Waals surface area contributed by atoms with Gasteiger partial charge in [0, 0.05) is 32.7 Å². The van der Waals surface area contributed by atoms with Gasteiger partial charge in [-0.1, -0.05) is 24.3 Å². The molecule has 0 saturated heterocycles. The average molecular weight is 311 g/mol. The van der Waals surface area contributed by atoms with Gasteiger partial charge >= 0.3 is 0 Å². The molecule has 85 valence electrons. The van der Waals surface area contributed by atoms with Crippen molar-refractivity contribution in [1.82, 2.24) is 0 Å². The maximum Gasteiger partial charge on any atom is 0.194 e. The van der Waals surface area contributed by atoms with Gasteiger partial charge in [0.1, 0.15) is 0 Å². The average Bonchev–Trinajstić information content (AvgIpc) is 2.26. The maximum absolute atomic E-state index is 13.0. The van der Waals surface area contributed by atoms with Crippen LogP contribution in [0.15, 0.2) is 36.4 Å². The van der Waals surface area contributed by atoms with Crippen molar-refractivity contribution in [3.05, 3.63) is 59.6 Å². The molecule has 1 radical (unpaired) electrons. The fraction of sp³-hybridized carbons (Fsp3) is 0. The molecule has 0 heterocycles. The second-order valence-corrected chi connectivity index (χ2v) is 3.30. The van der Waals surface area contributed by atoms with E-state index >= 15 is 0 Å². The Balaban J connectivity index is 0.00000144. The molecular formula is C12H7F3NY-. The van der Waals surface area contributed by atoms with E-state index in [0.29, 0.717) is 5.56 Å². The van der Waals surface area contributed by atoms with Gasteiger partial charge in [0.25, 0.3) is 0 Å². The van der Waals surface area contributed by atoms with Crippen molar-refractivity contribution in [3.63, 3.8) is 0 Å². The third-order valence-corrected chi connectivity index (χ3v) is 2.22. The van der Waals surface area contributed by atoms with Crippen LogP contribution >= 0.6 is 0 Å². The molecule has 2 aromatic carbocycles. The minimum Gasteiger partial charge on any atom is -0.698 e. The Kier molecular flexibility index (Phi) is 4.72. The van der Waals surface area contributed by atoms with Gasteiger partial charge in [0.2, 0.25) is 0 Å². The van der Waals surface area contributed by atoms with Gasteiger partial charge in [-0.15, -0.1) is 5.69 Å². The molecule has 0 fully saturated rings. The summed E-state index contributed by atoms with van der Waals surface area (Å²) in [6.45, 7) is 0. The van der Waals surface area contributed by atoms with Gasteiger partial charge in [0.15, 0.2) is 17.5 Å². The monoisotopic (exact) mass is 311 g/mol. The van der Waals surface area contributed by atoms with E-state index in [1.807, 2.05) is 0 Å². The van der Waals surface area contributed by atoms with E-state index in [2.05, 4.69) is 0 Å². The molecule has 0 atom stereocenters. The fourth-order valence-corrected chi connectivity index (χ4v) is 1.45. The van der Waals surface area contributed by atoms with E-state index in [9.17, 15) is 13.2 Å². The van der Waals surface area contributed by atoms with Crippen LogP contribution in [-0.4, -0.2) is 0 Å². The summed E-state index contributed by atoms with van der Waals surface area (Å²) < 4.78 is 38.7. The van der Waals surface area contributed by atoms with Gasteiger partial charge in [-0.05, 0) is 23.3 Å². The quantitative estimate of drug-likeness (QED) is 0.695. The number of benzene rings is 2. The van der Waals surface area contributed by atoms with Crippen LogP contribution in [0.3, 0.4) is 0 Å². The van der Waals surface area contributed by atoms with Crippen LogP contribution in [0.5, 0.6) is 0 Å². The standard InChI is InChI=1S/C12H7F3N.Y/c13-9-5-7(6-10(14)12(9)15)8-3-1-2-4-11(8)16;/h1-6,16H;/q-1;. The zero-order valence-corrected chi connectivity index (χ0v) is 11.5. The predicted molar refractivity (Wildman–Crippen MR) is 55.7 cm³/mol. The maximum atomic E-state index is 13.0. The molecule has 0 amide bonds.